The molecule has 6 heteroatoms. The van der Waals surface area contributed by atoms with Crippen LogP contribution in [0.3, 0.4) is 0 Å². The van der Waals surface area contributed by atoms with Gasteiger partial charge in [-0.3, -0.25) is 9.59 Å². The molecule has 1 aromatic carbocycles. The monoisotopic (exact) mass is 502 g/mol. The van der Waals surface area contributed by atoms with Gasteiger partial charge < -0.3 is 19.7 Å². The van der Waals surface area contributed by atoms with Crippen LogP contribution in [0.15, 0.2) is 24.3 Å². The molecule has 0 aromatic heterocycles. The van der Waals surface area contributed by atoms with Gasteiger partial charge in [0.15, 0.2) is 0 Å². The second-order valence-corrected chi connectivity index (χ2v) is 12.1. The van der Waals surface area contributed by atoms with E-state index in [-0.39, 0.29) is 24.4 Å². The maximum atomic E-state index is 11.3. The third-order valence-electron chi connectivity index (χ3n) is 8.22. The molecule has 2 saturated heterocycles. The van der Waals surface area contributed by atoms with Crippen LogP contribution in [-0.4, -0.2) is 34.4 Å². The number of carboxylic acids is 2. The van der Waals surface area contributed by atoms with Gasteiger partial charge in [-0.2, -0.15) is 0 Å². The van der Waals surface area contributed by atoms with Gasteiger partial charge in [-0.05, 0) is 90.2 Å². The summed E-state index contributed by atoms with van der Waals surface area (Å²) in [4.78, 5) is 22.6. The van der Waals surface area contributed by atoms with E-state index in [4.69, 9.17) is 9.47 Å². The Hall–Kier alpha value is -1.92. The topological polar surface area (TPSA) is 93.1 Å². The molecule has 4 unspecified atom stereocenters. The third-order valence-corrected chi connectivity index (χ3v) is 8.22. The van der Waals surface area contributed by atoms with E-state index in [9.17, 15) is 19.8 Å². The molecule has 2 aliphatic heterocycles. The summed E-state index contributed by atoms with van der Waals surface area (Å²) < 4.78 is 12.9. The van der Waals surface area contributed by atoms with Crippen LogP contribution in [0, 0.1) is 10.8 Å². The summed E-state index contributed by atoms with van der Waals surface area (Å²) in [6.45, 7) is 7.18. The number of carboxylic acid groups (broad SMARTS) is 2. The Kier molecular flexibility index (Phi) is 9.99. The summed E-state index contributed by atoms with van der Waals surface area (Å²) in [5.41, 5.74) is 1.18. The minimum atomic E-state index is -0.727. The lowest BCUT2D eigenvalue weighted by Gasteiger charge is -2.22. The largest absolute Gasteiger partial charge is 0.481 e. The van der Waals surface area contributed by atoms with Crippen LogP contribution in [0.2, 0.25) is 0 Å². The van der Waals surface area contributed by atoms with Crippen molar-refractivity contribution in [2.24, 2.45) is 10.8 Å². The fourth-order valence-electron chi connectivity index (χ4n) is 5.48. The highest BCUT2D eigenvalue weighted by atomic mass is 16.5. The second kappa shape index (κ2) is 12.6. The number of aliphatic carboxylic acids is 2. The Bertz CT molecular complexity index is 805. The molecule has 6 nitrogen and oxygen atoms in total. The first-order chi connectivity index (χ1) is 17.0. The fraction of sp³-hybridized carbons (Fsp3) is 0.733. The molecular weight excluding hydrogens is 456 g/mol. The van der Waals surface area contributed by atoms with Crippen molar-refractivity contribution in [3.63, 3.8) is 0 Å². The van der Waals surface area contributed by atoms with E-state index < -0.39 is 22.8 Å². The normalized spacial score (nSPS) is 24.8. The zero-order chi connectivity index (χ0) is 26.3. The smallest absolute Gasteiger partial charge is 0.309 e. The van der Waals surface area contributed by atoms with E-state index >= 15 is 0 Å². The molecule has 202 valence electrons. The molecule has 0 bridgehead atoms. The minimum absolute atomic E-state index is 0.0996. The van der Waals surface area contributed by atoms with E-state index in [0.717, 1.165) is 64.2 Å². The van der Waals surface area contributed by atoms with Gasteiger partial charge in [-0.25, -0.2) is 0 Å². The third kappa shape index (κ3) is 7.79. The molecule has 0 aliphatic carbocycles. The van der Waals surface area contributed by atoms with Gasteiger partial charge >= 0.3 is 11.9 Å². The number of hydrogen-bond acceptors (Lipinski definition) is 4. The van der Waals surface area contributed by atoms with E-state index in [1.54, 1.807) is 27.7 Å². The van der Waals surface area contributed by atoms with Gasteiger partial charge in [0.2, 0.25) is 0 Å². The van der Waals surface area contributed by atoms with Gasteiger partial charge in [-0.1, -0.05) is 49.9 Å². The van der Waals surface area contributed by atoms with Crippen LogP contribution >= 0.6 is 0 Å². The number of rotatable bonds is 14. The van der Waals surface area contributed by atoms with Crippen LogP contribution < -0.4 is 0 Å². The molecular formula is C30H46O6. The zero-order valence-electron chi connectivity index (χ0n) is 22.6. The van der Waals surface area contributed by atoms with Crippen molar-refractivity contribution < 1.29 is 29.3 Å². The molecule has 2 aliphatic rings. The molecule has 2 N–H and O–H groups in total. The van der Waals surface area contributed by atoms with Crippen molar-refractivity contribution >= 4 is 11.9 Å². The molecule has 2 fully saturated rings. The predicted octanol–water partition coefficient (Wildman–Crippen LogP) is 7.47. The Labute approximate surface area is 216 Å². The van der Waals surface area contributed by atoms with E-state index in [1.165, 1.54) is 11.1 Å². The SMILES string of the molecule is CC(C)(CCCCC1CCC(c2ccccc2C2CCC(CCCCC(C)(C)C(=O)O)O2)O1)C(=O)O. The lowest BCUT2D eigenvalue weighted by molar-refractivity contribution is -0.148. The van der Waals surface area contributed by atoms with Crippen LogP contribution in [0.1, 0.15) is 128 Å². The first-order valence-electron chi connectivity index (χ1n) is 13.9. The molecule has 36 heavy (non-hydrogen) atoms. The van der Waals surface area contributed by atoms with Crippen molar-refractivity contribution in [1.29, 1.82) is 0 Å². The molecule has 0 saturated carbocycles. The van der Waals surface area contributed by atoms with Crippen LogP contribution in [0.25, 0.3) is 0 Å². The first-order valence-corrected chi connectivity index (χ1v) is 13.9. The summed E-state index contributed by atoms with van der Waals surface area (Å²) >= 11 is 0. The van der Waals surface area contributed by atoms with Gasteiger partial charge in [0.1, 0.15) is 0 Å². The molecule has 4 atom stereocenters. The van der Waals surface area contributed by atoms with Gasteiger partial charge in [0.05, 0.1) is 35.2 Å². The zero-order valence-corrected chi connectivity index (χ0v) is 22.6. The number of benzene rings is 1. The number of unbranched alkanes of at least 4 members (excludes halogenated alkanes) is 2. The maximum absolute atomic E-state index is 11.3. The number of hydrogen-bond donors (Lipinski definition) is 2. The average molecular weight is 503 g/mol. The maximum Gasteiger partial charge on any atom is 0.309 e. The van der Waals surface area contributed by atoms with Crippen LogP contribution in [0.5, 0.6) is 0 Å². The van der Waals surface area contributed by atoms with Gasteiger partial charge in [0, 0.05) is 0 Å². The summed E-state index contributed by atoms with van der Waals surface area (Å²) in [7, 11) is 0. The van der Waals surface area contributed by atoms with Crippen molar-refractivity contribution in [3.8, 4) is 0 Å². The van der Waals surface area contributed by atoms with E-state index in [2.05, 4.69) is 24.3 Å². The second-order valence-electron chi connectivity index (χ2n) is 12.1. The lowest BCUT2D eigenvalue weighted by Crippen LogP contribution is -2.23. The predicted molar refractivity (Wildman–Crippen MR) is 140 cm³/mol. The Morgan fingerprint density at radius 1 is 0.722 bits per heavy atom. The van der Waals surface area contributed by atoms with Gasteiger partial charge in [-0.15, -0.1) is 0 Å². The highest BCUT2D eigenvalue weighted by molar-refractivity contribution is 5.73. The highest BCUT2D eigenvalue weighted by Crippen LogP contribution is 2.42. The van der Waals surface area contributed by atoms with Gasteiger partial charge in [0.25, 0.3) is 0 Å². The van der Waals surface area contributed by atoms with E-state index in [0.29, 0.717) is 12.8 Å². The Morgan fingerprint density at radius 3 is 1.47 bits per heavy atom. The number of carbonyl (C=O) groups is 2. The number of ether oxygens (including phenoxy) is 2. The molecule has 3 rings (SSSR count). The molecule has 1 aromatic rings. The molecule has 0 spiro atoms. The van der Waals surface area contributed by atoms with Crippen LogP contribution in [-0.2, 0) is 19.1 Å². The Morgan fingerprint density at radius 2 is 1.11 bits per heavy atom. The molecule has 0 amide bonds. The van der Waals surface area contributed by atoms with Crippen molar-refractivity contribution in [1.82, 2.24) is 0 Å². The standard InChI is InChI=1S/C30H46O6/c1-29(2,27(31)32)19-9-7-11-21-15-17-25(35-21)23-13-5-6-14-24(23)26-18-16-22(36-26)12-8-10-20-30(3,4)28(33)34/h5-6,13-14,21-22,25-26H,7-12,15-20H2,1-4H3,(H,31,32)(H,33,34). The van der Waals surface area contributed by atoms with E-state index in [1.807, 2.05) is 0 Å². The average Bonchev–Trinajstić information content (AvgIpc) is 3.49. The van der Waals surface area contributed by atoms with Crippen molar-refractivity contribution in [2.45, 2.75) is 129 Å². The lowest BCUT2D eigenvalue weighted by atomic mass is 9.87. The molecule has 2 heterocycles. The summed E-state index contributed by atoms with van der Waals surface area (Å²) in [6, 6.07) is 8.53. The Balaban J connectivity index is 1.45. The first kappa shape index (κ1) is 28.6. The van der Waals surface area contributed by atoms with Crippen molar-refractivity contribution in [2.75, 3.05) is 0 Å². The van der Waals surface area contributed by atoms with Crippen molar-refractivity contribution in [3.05, 3.63) is 35.4 Å². The summed E-state index contributed by atoms with van der Waals surface area (Å²) in [5.74, 6) is -1.45. The van der Waals surface area contributed by atoms with Crippen LogP contribution in [0.4, 0.5) is 0 Å². The summed E-state index contributed by atoms with van der Waals surface area (Å²) in [6.07, 6.45) is 11.9. The quantitative estimate of drug-likeness (QED) is 0.256. The molecule has 0 radical (unpaired) electrons. The highest BCUT2D eigenvalue weighted by Gasteiger charge is 2.33. The fourth-order valence-corrected chi connectivity index (χ4v) is 5.48. The minimum Gasteiger partial charge on any atom is -0.481 e. The summed E-state index contributed by atoms with van der Waals surface area (Å²) in [5, 5.41) is 18.6.